The highest BCUT2D eigenvalue weighted by atomic mass is 16.5. The van der Waals surface area contributed by atoms with Crippen molar-refractivity contribution in [3.63, 3.8) is 0 Å². The molecule has 0 saturated heterocycles. The molecule has 5 heteroatoms. The average Bonchev–Trinajstić information content (AvgIpc) is 3.07. The predicted octanol–water partition coefficient (Wildman–Crippen LogP) is 4.77. The van der Waals surface area contributed by atoms with Crippen LogP contribution in [0.1, 0.15) is 22.3 Å². The Labute approximate surface area is 194 Å². The van der Waals surface area contributed by atoms with Gasteiger partial charge in [-0.25, -0.2) is 0 Å². The first-order chi connectivity index (χ1) is 15.9. The number of methoxy groups -OCH3 is 1. The van der Waals surface area contributed by atoms with E-state index in [4.69, 9.17) is 4.74 Å². The lowest BCUT2D eigenvalue weighted by molar-refractivity contribution is -0.136. The van der Waals surface area contributed by atoms with Crippen LogP contribution >= 0.6 is 0 Å². The monoisotopic (exact) mass is 440 g/mol. The minimum Gasteiger partial charge on any atom is -0.497 e. The smallest absolute Gasteiger partial charge is 0.278 e. The van der Waals surface area contributed by atoms with E-state index in [2.05, 4.69) is 0 Å². The van der Waals surface area contributed by atoms with Gasteiger partial charge in [0.25, 0.3) is 11.8 Å². The van der Waals surface area contributed by atoms with Gasteiger partial charge < -0.3 is 9.64 Å². The fourth-order valence-electron chi connectivity index (χ4n) is 4.23. The van der Waals surface area contributed by atoms with Gasteiger partial charge >= 0.3 is 0 Å². The Bertz CT molecular complexity index is 1210. The van der Waals surface area contributed by atoms with E-state index in [1.54, 1.807) is 7.11 Å². The van der Waals surface area contributed by atoms with Crippen molar-refractivity contribution in [3.8, 4) is 5.75 Å². The maximum absolute atomic E-state index is 13.6. The number of rotatable bonds is 7. The van der Waals surface area contributed by atoms with E-state index in [1.165, 1.54) is 4.90 Å². The molecule has 2 amide bonds. The van der Waals surface area contributed by atoms with Gasteiger partial charge in [0.05, 0.1) is 12.7 Å². The molecular weight excluding hydrogens is 412 g/mol. The zero-order valence-corrected chi connectivity index (χ0v) is 19.5. The fraction of sp³-hybridized carbons (Fsp3) is 0.214. The Balaban J connectivity index is 1.70. The maximum atomic E-state index is 13.6. The number of likely N-dealkylation sites (N-methyl/N-ethyl adjacent to an activating group) is 1. The lowest BCUT2D eigenvalue weighted by atomic mass is 9.97. The van der Waals surface area contributed by atoms with Crippen molar-refractivity contribution >= 4 is 23.1 Å². The Hall–Kier alpha value is -3.86. The number of hydrogen-bond donors (Lipinski definition) is 0. The zero-order chi connectivity index (χ0) is 23.5. The first kappa shape index (κ1) is 22.3. The van der Waals surface area contributed by atoms with Gasteiger partial charge in [0, 0.05) is 19.3 Å². The predicted molar refractivity (Wildman–Crippen MR) is 131 cm³/mol. The number of benzene rings is 3. The third kappa shape index (κ3) is 4.40. The van der Waals surface area contributed by atoms with Crippen LogP contribution in [0.15, 0.2) is 78.5 Å². The number of para-hydroxylation sites is 1. The number of anilines is 1. The molecule has 3 aromatic carbocycles. The van der Waals surface area contributed by atoms with Crippen LogP contribution in [0.4, 0.5) is 5.69 Å². The number of imide groups is 1. The normalized spacial score (nSPS) is 13.6. The second kappa shape index (κ2) is 9.33. The Morgan fingerprint density at radius 2 is 1.58 bits per heavy atom. The molecule has 0 saturated carbocycles. The standard InChI is InChI=1S/C28H28N2O3/c1-19-10-15-24(20(2)18-19)25-26(29(3)22-8-6-5-7-9-22)28(32)30(27(25)31)17-16-21-11-13-23(33-4)14-12-21/h5-15,18H,16-17H2,1-4H3. The SMILES string of the molecule is COc1ccc(CCN2C(=O)C(c3ccc(C)cc3C)=C(N(C)c3ccccc3)C2=O)cc1. The third-order valence-corrected chi connectivity index (χ3v) is 6.06. The molecule has 1 aliphatic rings. The summed E-state index contributed by atoms with van der Waals surface area (Å²) in [6, 6.07) is 23.3. The molecule has 0 aromatic heterocycles. The number of carbonyl (C=O) groups is 2. The number of hydrogen-bond acceptors (Lipinski definition) is 4. The van der Waals surface area contributed by atoms with Crippen molar-refractivity contribution in [1.82, 2.24) is 4.90 Å². The van der Waals surface area contributed by atoms with Gasteiger partial charge in [-0.05, 0) is 61.2 Å². The largest absolute Gasteiger partial charge is 0.497 e. The van der Waals surface area contributed by atoms with E-state index < -0.39 is 0 Å². The molecular formula is C28H28N2O3. The molecule has 4 rings (SSSR count). The van der Waals surface area contributed by atoms with Crippen molar-refractivity contribution in [2.75, 3.05) is 25.6 Å². The van der Waals surface area contributed by atoms with Gasteiger partial charge in [-0.1, -0.05) is 54.1 Å². The second-order valence-corrected chi connectivity index (χ2v) is 8.30. The molecule has 0 atom stereocenters. The highest BCUT2D eigenvalue weighted by Gasteiger charge is 2.41. The van der Waals surface area contributed by atoms with Gasteiger partial charge in [0.2, 0.25) is 0 Å². The van der Waals surface area contributed by atoms with Crippen molar-refractivity contribution in [3.05, 3.63) is 101 Å². The Morgan fingerprint density at radius 1 is 0.879 bits per heavy atom. The maximum Gasteiger partial charge on any atom is 0.278 e. The molecule has 0 bridgehead atoms. The molecule has 33 heavy (non-hydrogen) atoms. The molecule has 5 nitrogen and oxygen atoms in total. The zero-order valence-electron chi connectivity index (χ0n) is 19.5. The van der Waals surface area contributed by atoms with Gasteiger partial charge in [0.15, 0.2) is 0 Å². The summed E-state index contributed by atoms with van der Waals surface area (Å²) in [5.41, 5.74) is 5.64. The van der Waals surface area contributed by atoms with E-state index in [9.17, 15) is 9.59 Å². The average molecular weight is 441 g/mol. The van der Waals surface area contributed by atoms with Crippen LogP contribution in [0.25, 0.3) is 5.57 Å². The van der Waals surface area contributed by atoms with Crippen LogP contribution in [-0.4, -0.2) is 37.4 Å². The number of aryl methyl sites for hydroxylation is 2. The molecule has 168 valence electrons. The lowest BCUT2D eigenvalue weighted by Crippen LogP contribution is -2.35. The van der Waals surface area contributed by atoms with Crippen molar-refractivity contribution in [1.29, 1.82) is 0 Å². The summed E-state index contributed by atoms with van der Waals surface area (Å²) in [5.74, 6) is 0.255. The van der Waals surface area contributed by atoms with Gasteiger partial charge in [-0.15, -0.1) is 0 Å². The number of carbonyl (C=O) groups excluding carboxylic acids is 2. The molecule has 0 N–H and O–H groups in total. The fourth-order valence-corrected chi connectivity index (χ4v) is 4.23. The van der Waals surface area contributed by atoms with Crippen molar-refractivity contribution < 1.29 is 14.3 Å². The topological polar surface area (TPSA) is 49.9 Å². The van der Waals surface area contributed by atoms with Crippen LogP contribution < -0.4 is 9.64 Å². The molecule has 1 aliphatic heterocycles. The molecule has 1 heterocycles. The van der Waals surface area contributed by atoms with Crippen LogP contribution in [0.3, 0.4) is 0 Å². The van der Waals surface area contributed by atoms with Gasteiger partial charge in [-0.3, -0.25) is 14.5 Å². The third-order valence-electron chi connectivity index (χ3n) is 6.06. The number of ether oxygens (including phenoxy) is 1. The van der Waals surface area contributed by atoms with E-state index >= 15 is 0 Å². The number of nitrogens with zero attached hydrogens (tertiary/aromatic N) is 2. The number of amides is 2. The van der Waals surface area contributed by atoms with Crippen LogP contribution in [0.5, 0.6) is 5.75 Å². The van der Waals surface area contributed by atoms with E-state index in [0.29, 0.717) is 24.2 Å². The Kier molecular flexibility index (Phi) is 6.31. The second-order valence-electron chi connectivity index (χ2n) is 8.30. The van der Waals surface area contributed by atoms with E-state index in [1.807, 2.05) is 98.6 Å². The van der Waals surface area contributed by atoms with Crippen molar-refractivity contribution in [2.24, 2.45) is 0 Å². The van der Waals surface area contributed by atoms with Crippen LogP contribution in [-0.2, 0) is 16.0 Å². The molecule has 0 radical (unpaired) electrons. The molecule has 0 aliphatic carbocycles. The van der Waals surface area contributed by atoms with Crippen LogP contribution in [0, 0.1) is 13.8 Å². The van der Waals surface area contributed by atoms with E-state index in [0.717, 1.165) is 33.7 Å². The van der Waals surface area contributed by atoms with Crippen LogP contribution in [0.2, 0.25) is 0 Å². The summed E-state index contributed by atoms with van der Waals surface area (Å²) in [4.78, 5) is 30.4. The van der Waals surface area contributed by atoms with Gasteiger partial charge in [-0.2, -0.15) is 0 Å². The summed E-state index contributed by atoms with van der Waals surface area (Å²) < 4.78 is 5.22. The van der Waals surface area contributed by atoms with Crippen molar-refractivity contribution in [2.45, 2.75) is 20.3 Å². The minimum atomic E-state index is -0.269. The molecule has 0 spiro atoms. The summed E-state index contributed by atoms with van der Waals surface area (Å²) in [7, 11) is 3.47. The minimum absolute atomic E-state index is 0.252. The highest BCUT2D eigenvalue weighted by Crippen LogP contribution is 2.35. The lowest BCUT2D eigenvalue weighted by Gasteiger charge is -2.21. The molecule has 3 aromatic rings. The summed E-state index contributed by atoms with van der Waals surface area (Å²) >= 11 is 0. The summed E-state index contributed by atoms with van der Waals surface area (Å²) in [6.45, 7) is 4.31. The first-order valence-corrected chi connectivity index (χ1v) is 11.0. The summed E-state index contributed by atoms with van der Waals surface area (Å²) in [5, 5.41) is 0. The van der Waals surface area contributed by atoms with Gasteiger partial charge in [0.1, 0.15) is 11.4 Å². The highest BCUT2D eigenvalue weighted by molar-refractivity contribution is 6.37. The first-order valence-electron chi connectivity index (χ1n) is 11.0. The Morgan fingerprint density at radius 3 is 2.21 bits per heavy atom. The summed E-state index contributed by atoms with van der Waals surface area (Å²) in [6.07, 6.45) is 0.573. The quantitative estimate of drug-likeness (QED) is 0.497. The van der Waals surface area contributed by atoms with E-state index in [-0.39, 0.29) is 11.8 Å². The molecule has 0 unspecified atom stereocenters. The molecule has 0 fully saturated rings.